The highest BCUT2D eigenvalue weighted by atomic mass is 16.5. The Morgan fingerprint density at radius 2 is 1.92 bits per heavy atom. The van der Waals surface area contributed by atoms with Gasteiger partial charge in [-0.2, -0.15) is 0 Å². The molecular weight excluding hydrogens is 150 g/mol. The molecule has 1 aromatic rings. The lowest BCUT2D eigenvalue weighted by atomic mass is 10.1. The second-order valence-corrected chi connectivity index (χ2v) is 2.81. The molecule has 0 atom stereocenters. The van der Waals surface area contributed by atoms with Crippen LogP contribution in [0.2, 0.25) is 0 Å². The molecule has 0 radical (unpaired) electrons. The Morgan fingerprint density at radius 3 is 2.50 bits per heavy atom. The molecule has 2 heteroatoms. The first-order chi connectivity index (χ1) is 5.83. The second kappa shape index (κ2) is 4.91. The molecule has 2 N–H and O–H groups in total. The zero-order valence-corrected chi connectivity index (χ0v) is 7.42. The van der Waals surface area contributed by atoms with Crippen LogP contribution in [-0.4, -0.2) is 13.3 Å². The van der Waals surface area contributed by atoms with Gasteiger partial charge in [0, 0.05) is 0 Å². The number of ether oxygens (including phenoxy) is 1. The molecule has 0 fully saturated rings. The van der Waals surface area contributed by atoms with Crippen molar-refractivity contribution in [2.45, 2.75) is 13.3 Å². The summed E-state index contributed by atoms with van der Waals surface area (Å²) in [6.45, 7) is 3.10. The Hall–Kier alpha value is -0.860. The van der Waals surface area contributed by atoms with E-state index in [4.69, 9.17) is 10.5 Å². The third kappa shape index (κ3) is 3.03. The summed E-state index contributed by atoms with van der Waals surface area (Å²) in [5.74, 6) is 0. The van der Waals surface area contributed by atoms with Crippen molar-refractivity contribution in [3.8, 4) is 0 Å². The summed E-state index contributed by atoms with van der Waals surface area (Å²) in [6.07, 6.45) is 0.942. The average Bonchev–Trinajstić information content (AvgIpc) is 2.09. The topological polar surface area (TPSA) is 35.2 Å². The van der Waals surface area contributed by atoms with Crippen molar-refractivity contribution < 1.29 is 4.74 Å². The van der Waals surface area contributed by atoms with E-state index in [0.717, 1.165) is 6.42 Å². The SMILES string of the molecule is Cc1ccc(CCOCN)cc1. The Labute approximate surface area is 73.3 Å². The van der Waals surface area contributed by atoms with E-state index in [-0.39, 0.29) is 0 Å². The largest absolute Gasteiger partial charge is 0.366 e. The molecule has 66 valence electrons. The molecule has 0 aliphatic heterocycles. The first kappa shape index (κ1) is 9.23. The van der Waals surface area contributed by atoms with E-state index in [9.17, 15) is 0 Å². The van der Waals surface area contributed by atoms with E-state index in [1.54, 1.807) is 0 Å². The smallest absolute Gasteiger partial charge is 0.0940 e. The van der Waals surface area contributed by atoms with Crippen molar-refractivity contribution in [3.05, 3.63) is 35.4 Å². The van der Waals surface area contributed by atoms with Gasteiger partial charge in [0.25, 0.3) is 0 Å². The van der Waals surface area contributed by atoms with Crippen LogP contribution in [-0.2, 0) is 11.2 Å². The van der Waals surface area contributed by atoms with Crippen LogP contribution in [0.3, 0.4) is 0 Å². The van der Waals surface area contributed by atoms with E-state index < -0.39 is 0 Å². The van der Waals surface area contributed by atoms with Crippen molar-refractivity contribution in [1.82, 2.24) is 0 Å². The highest BCUT2D eigenvalue weighted by Gasteiger charge is 1.91. The molecule has 0 amide bonds. The molecule has 1 rings (SSSR count). The minimum absolute atomic E-state index is 0.311. The minimum Gasteiger partial charge on any atom is -0.366 e. The fourth-order valence-corrected chi connectivity index (χ4v) is 1.03. The predicted octanol–water partition coefficient (Wildman–Crippen LogP) is 1.47. The number of rotatable bonds is 4. The first-order valence-corrected chi connectivity index (χ1v) is 4.16. The van der Waals surface area contributed by atoms with Gasteiger partial charge in [-0.05, 0) is 18.9 Å². The highest BCUT2D eigenvalue weighted by molar-refractivity contribution is 5.21. The van der Waals surface area contributed by atoms with Gasteiger partial charge in [-0.3, -0.25) is 0 Å². The predicted molar refractivity (Wildman–Crippen MR) is 49.9 cm³/mol. The van der Waals surface area contributed by atoms with E-state index in [1.807, 2.05) is 0 Å². The van der Waals surface area contributed by atoms with Gasteiger partial charge in [0.1, 0.15) is 0 Å². The molecule has 0 spiro atoms. The summed E-state index contributed by atoms with van der Waals surface area (Å²) in [6, 6.07) is 8.46. The fourth-order valence-electron chi connectivity index (χ4n) is 1.03. The maximum absolute atomic E-state index is 5.19. The van der Waals surface area contributed by atoms with E-state index in [0.29, 0.717) is 13.3 Å². The molecule has 0 saturated heterocycles. The quantitative estimate of drug-likeness (QED) is 0.541. The van der Waals surface area contributed by atoms with Crippen LogP contribution in [0.1, 0.15) is 11.1 Å². The molecule has 0 aliphatic carbocycles. The van der Waals surface area contributed by atoms with Crippen LogP contribution in [0.5, 0.6) is 0 Å². The lowest BCUT2D eigenvalue weighted by molar-refractivity contribution is 0.144. The normalized spacial score (nSPS) is 10.2. The number of hydrogen-bond acceptors (Lipinski definition) is 2. The van der Waals surface area contributed by atoms with Gasteiger partial charge in [-0.15, -0.1) is 0 Å². The van der Waals surface area contributed by atoms with E-state index in [1.165, 1.54) is 11.1 Å². The third-order valence-electron chi connectivity index (χ3n) is 1.77. The molecule has 0 heterocycles. The number of benzene rings is 1. The van der Waals surface area contributed by atoms with Crippen LogP contribution < -0.4 is 5.73 Å². The van der Waals surface area contributed by atoms with Crippen LogP contribution in [0, 0.1) is 6.92 Å². The van der Waals surface area contributed by atoms with Crippen molar-refractivity contribution in [2.24, 2.45) is 5.73 Å². The standard InChI is InChI=1S/C10H15NO/c1-9-2-4-10(5-3-9)6-7-12-8-11/h2-5H,6-8,11H2,1H3. The van der Waals surface area contributed by atoms with Gasteiger partial charge in [0.2, 0.25) is 0 Å². The average molecular weight is 165 g/mol. The molecule has 0 bridgehead atoms. The summed E-state index contributed by atoms with van der Waals surface area (Å²) in [5, 5.41) is 0. The number of hydrogen-bond donors (Lipinski definition) is 1. The van der Waals surface area contributed by atoms with Gasteiger partial charge < -0.3 is 10.5 Å². The molecule has 12 heavy (non-hydrogen) atoms. The van der Waals surface area contributed by atoms with Crippen molar-refractivity contribution in [3.63, 3.8) is 0 Å². The van der Waals surface area contributed by atoms with Gasteiger partial charge in [-0.1, -0.05) is 29.8 Å². The van der Waals surface area contributed by atoms with Crippen LogP contribution in [0.25, 0.3) is 0 Å². The van der Waals surface area contributed by atoms with E-state index >= 15 is 0 Å². The molecule has 0 saturated carbocycles. The van der Waals surface area contributed by atoms with Crippen molar-refractivity contribution in [2.75, 3.05) is 13.3 Å². The number of aryl methyl sites for hydroxylation is 1. The zero-order valence-electron chi connectivity index (χ0n) is 7.42. The molecule has 0 aliphatic rings. The van der Waals surface area contributed by atoms with Gasteiger partial charge in [0.05, 0.1) is 13.3 Å². The Morgan fingerprint density at radius 1 is 1.25 bits per heavy atom. The van der Waals surface area contributed by atoms with Crippen LogP contribution in [0.15, 0.2) is 24.3 Å². The van der Waals surface area contributed by atoms with Crippen molar-refractivity contribution in [1.29, 1.82) is 0 Å². The third-order valence-corrected chi connectivity index (χ3v) is 1.77. The fraction of sp³-hybridized carbons (Fsp3) is 0.400. The summed E-state index contributed by atoms with van der Waals surface area (Å²) in [4.78, 5) is 0. The lowest BCUT2D eigenvalue weighted by Gasteiger charge is -2.01. The maximum atomic E-state index is 5.19. The molecule has 1 aromatic carbocycles. The monoisotopic (exact) mass is 165 g/mol. The zero-order chi connectivity index (χ0) is 8.81. The minimum atomic E-state index is 0.311. The van der Waals surface area contributed by atoms with Gasteiger partial charge in [-0.25, -0.2) is 0 Å². The molecule has 0 unspecified atom stereocenters. The van der Waals surface area contributed by atoms with Crippen LogP contribution >= 0.6 is 0 Å². The summed E-state index contributed by atoms with van der Waals surface area (Å²) in [7, 11) is 0. The Balaban J connectivity index is 2.37. The molecule has 2 nitrogen and oxygen atoms in total. The Kier molecular flexibility index (Phi) is 3.77. The van der Waals surface area contributed by atoms with Gasteiger partial charge >= 0.3 is 0 Å². The Bertz CT molecular complexity index is 218. The summed E-state index contributed by atoms with van der Waals surface area (Å²) < 4.78 is 5.05. The lowest BCUT2D eigenvalue weighted by Crippen LogP contribution is -2.07. The van der Waals surface area contributed by atoms with Gasteiger partial charge in [0.15, 0.2) is 0 Å². The molecule has 0 aromatic heterocycles. The summed E-state index contributed by atoms with van der Waals surface area (Å²) >= 11 is 0. The molecular formula is C10H15NO. The maximum Gasteiger partial charge on any atom is 0.0940 e. The van der Waals surface area contributed by atoms with E-state index in [2.05, 4.69) is 31.2 Å². The first-order valence-electron chi connectivity index (χ1n) is 4.16. The van der Waals surface area contributed by atoms with Crippen LogP contribution in [0.4, 0.5) is 0 Å². The van der Waals surface area contributed by atoms with Crippen molar-refractivity contribution >= 4 is 0 Å². The second-order valence-electron chi connectivity index (χ2n) is 2.81. The highest BCUT2D eigenvalue weighted by Crippen LogP contribution is 2.03. The number of nitrogens with two attached hydrogens (primary N) is 1. The summed E-state index contributed by atoms with van der Waals surface area (Å²) in [5.41, 5.74) is 7.78.